The van der Waals surface area contributed by atoms with Gasteiger partial charge in [-0.25, -0.2) is 21.9 Å². The molecule has 5 nitrogen and oxygen atoms in total. The van der Waals surface area contributed by atoms with Crippen LogP contribution in [0.2, 0.25) is 0 Å². The van der Waals surface area contributed by atoms with Crippen molar-refractivity contribution in [2.75, 3.05) is 26.7 Å². The van der Waals surface area contributed by atoms with E-state index in [4.69, 9.17) is 4.74 Å². The SMILES string of the molecule is CNCCCNS(=O)(=O)c1ccc(OCC(F)F)cc1. The molecular formula is C12H18F2N2O3S. The lowest BCUT2D eigenvalue weighted by atomic mass is 10.3. The number of benzene rings is 1. The minimum Gasteiger partial charge on any atom is -0.488 e. The summed E-state index contributed by atoms with van der Waals surface area (Å²) in [5, 5.41) is 2.91. The van der Waals surface area contributed by atoms with Crippen LogP contribution in [0.15, 0.2) is 29.2 Å². The maximum absolute atomic E-state index is 12.0. The van der Waals surface area contributed by atoms with Gasteiger partial charge in [0, 0.05) is 6.54 Å². The summed E-state index contributed by atoms with van der Waals surface area (Å²) in [5.74, 6) is 0.208. The lowest BCUT2D eigenvalue weighted by molar-refractivity contribution is 0.0819. The monoisotopic (exact) mass is 308 g/mol. The van der Waals surface area contributed by atoms with Crippen LogP contribution in [0.4, 0.5) is 8.78 Å². The molecule has 1 aromatic rings. The van der Waals surface area contributed by atoms with Gasteiger partial charge in [-0.2, -0.15) is 0 Å². The molecule has 0 atom stereocenters. The van der Waals surface area contributed by atoms with Gasteiger partial charge in [0.15, 0.2) is 0 Å². The number of hydrogen-bond acceptors (Lipinski definition) is 4. The molecule has 0 aromatic heterocycles. The number of nitrogens with one attached hydrogen (secondary N) is 2. The molecule has 8 heteroatoms. The predicted molar refractivity (Wildman–Crippen MR) is 71.7 cm³/mol. The smallest absolute Gasteiger partial charge is 0.272 e. The van der Waals surface area contributed by atoms with E-state index in [1.807, 2.05) is 0 Å². The highest BCUT2D eigenvalue weighted by molar-refractivity contribution is 7.89. The Labute approximate surface area is 117 Å². The van der Waals surface area contributed by atoms with Gasteiger partial charge in [0.05, 0.1) is 4.90 Å². The van der Waals surface area contributed by atoms with Crippen molar-refractivity contribution < 1.29 is 21.9 Å². The van der Waals surface area contributed by atoms with Gasteiger partial charge in [-0.05, 0) is 44.3 Å². The third kappa shape index (κ3) is 5.81. The van der Waals surface area contributed by atoms with E-state index < -0.39 is 23.1 Å². The lowest BCUT2D eigenvalue weighted by Gasteiger charge is -2.08. The van der Waals surface area contributed by atoms with Crippen LogP contribution >= 0.6 is 0 Å². The fourth-order valence-corrected chi connectivity index (χ4v) is 2.50. The van der Waals surface area contributed by atoms with Crippen LogP contribution in [-0.2, 0) is 10.0 Å². The van der Waals surface area contributed by atoms with E-state index in [-0.39, 0.29) is 10.6 Å². The van der Waals surface area contributed by atoms with Gasteiger partial charge in [-0.1, -0.05) is 0 Å². The van der Waals surface area contributed by atoms with E-state index in [1.165, 1.54) is 24.3 Å². The maximum atomic E-state index is 12.0. The molecule has 0 spiro atoms. The first kappa shape index (κ1) is 16.8. The molecule has 0 saturated heterocycles. The molecule has 20 heavy (non-hydrogen) atoms. The Morgan fingerprint density at radius 3 is 2.40 bits per heavy atom. The minimum atomic E-state index is -3.57. The predicted octanol–water partition coefficient (Wildman–Crippen LogP) is 1.22. The van der Waals surface area contributed by atoms with Gasteiger partial charge < -0.3 is 10.1 Å². The van der Waals surface area contributed by atoms with E-state index in [2.05, 4.69) is 10.0 Å². The van der Waals surface area contributed by atoms with Crippen molar-refractivity contribution in [3.8, 4) is 5.75 Å². The standard InChI is InChI=1S/C12H18F2N2O3S/c1-15-7-2-8-16-20(17,18)11-5-3-10(4-6-11)19-9-12(13)14/h3-6,12,15-16H,2,7-9H2,1H3. The Kier molecular flexibility index (Phi) is 6.83. The summed E-state index contributed by atoms with van der Waals surface area (Å²) in [6.45, 7) is 0.324. The molecule has 0 amide bonds. The summed E-state index contributed by atoms with van der Waals surface area (Å²) in [6, 6.07) is 5.34. The topological polar surface area (TPSA) is 67.4 Å². The van der Waals surface area contributed by atoms with Crippen molar-refractivity contribution in [1.29, 1.82) is 0 Å². The second-order valence-electron chi connectivity index (χ2n) is 4.03. The zero-order valence-electron chi connectivity index (χ0n) is 11.1. The van der Waals surface area contributed by atoms with E-state index in [0.717, 1.165) is 0 Å². The maximum Gasteiger partial charge on any atom is 0.272 e. The van der Waals surface area contributed by atoms with Gasteiger partial charge in [0.25, 0.3) is 6.43 Å². The highest BCUT2D eigenvalue weighted by Gasteiger charge is 2.13. The Morgan fingerprint density at radius 1 is 1.20 bits per heavy atom. The fourth-order valence-electron chi connectivity index (χ4n) is 1.43. The summed E-state index contributed by atoms with van der Waals surface area (Å²) < 4.78 is 54.9. The van der Waals surface area contributed by atoms with Crippen LogP contribution in [-0.4, -0.2) is 41.6 Å². The van der Waals surface area contributed by atoms with E-state index in [9.17, 15) is 17.2 Å². The normalized spacial score (nSPS) is 11.8. The summed E-state index contributed by atoms with van der Waals surface area (Å²) in [6.07, 6.45) is -1.89. The fraction of sp³-hybridized carbons (Fsp3) is 0.500. The number of ether oxygens (including phenoxy) is 1. The molecule has 0 aliphatic heterocycles. The second kappa shape index (κ2) is 8.13. The molecular weight excluding hydrogens is 290 g/mol. The third-order valence-corrected chi connectivity index (χ3v) is 3.88. The van der Waals surface area contributed by atoms with Gasteiger partial charge in [-0.15, -0.1) is 0 Å². The first-order chi connectivity index (χ1) is 9.45. The van der Waals surface area contributed by atoms with Gasteiger partial charge >= 0.3 is 0 Å². The second-order valence-corrected chi connectivity index (χ2v) is 5.80. The van der Waals surface area contributed by atoms with E-state index >= 15 is 0 Å². The molecule has 1 rings (SSSR count). The van der Waals surface area contributed by atoms with Crippen LogP contribution in [0.5, 0.6) is 5.75 Å². The molecule has 1 aromatic carbocycles. The first-order valence-electron chi connectivity index (χ1n) is 6.11. The van der Waals surface area contributed by atoms with Crippen LogP contribution in [0.3, 0.4) is 0 Å². The molecule has 0 bridgehead atoms. The first-order valence-corrected chi connectivity index (χ1v) is 7.59. The zero-order chi connectivity index (χ0) is 15.0. The highest BCUT2D eigenvalue weighted by atomic mass is 32.2. The molecule has 0 radical (unpaired) electrons. The Hall–Kier alpha value is -1.25. The Bertz CT molecular complexity index is 492. The minimum absolute atomic E-state index is 0.0753. The van der Waals surface area contributed by atoms with Crippen molar-refractivity contribution in [2.45, 2.75) is 17.7 Å². The van der Waals surface area contributed by atoms with Crippen LogP contribution in [0, 0.1) is 0 Å². The number of sulfonamides is 1. The summed E-state index contributed by atoms with van der Waals surface area (Å²) in [5.41, 5.74) is 0. The Morgan fingerprint density at radius 2 is 1.85 bits per heavy atom. The highest BCUT2D eigenvalue weighted by Crippen LogP contribution is 2.16. The molecule has 0 heterocycles. The number of rotatable bonds is 9. The largest absolute Gasteiger partial charge is 0.488 e. The summed E-state index contributed by atoms with van der Waals surface area (Å²) in [4.78, 5) is 0.0753. The van der Waals surface area contributed by atoms with Crippen LogP contribution < -0.4 is 14.8 Å². The quantitative estimate of drug-likeness (QED) is 0.673. The molecule has 0 aliphatic rings. The number of hydrogen-bond donors (Lipinski definition) is 2. The van der Waals surface area contributed by atoms with Crippen LogP contribution in [0.25, 0.3) is 0 Å². The average molecular weight is 308 g/mol. The van der Waals surface area contributed by atoms with Crippen molar-refractivity contribution >= 4 is 10.0 Å². The van der Waals surface area contributed by atoms with E-state index in [0.29, 0.717) is 19.5 Å². The third-order valence-electron chi connectivity index (χ3n) is 2.41. The Balaban J connectivity index is 2.57. The zero-order valence-corrected chi connectivity index (χ0v) is 11.9. The molecule has 0 saturated carbocycles. The van der Waals surface area contributed by atoms with Gasteiger partial charge in [0.1, 0.15) is 12.4 Å². The summed E-state index contributed by atoms with van der Waals surface area (Å²) >= 11 is 0. The van der Waals surface area contributed by atoms with Crippen molar-refractivity contribution in [3.05, 3.63) is 24.3 Å². The van der Waals surface area contributed by atoms with Gasteiger partial charge in [0.2, 0.25) is 10.0 Å². The number of halogens is 2. The van der Waals surface area contributed by atoms with Gasteiger partial charge in [-0.3, -0.25) is 0 Å². The lowest BCUT2D eigenvalue weighted by Crippen LogP contribution is -2.26. The van der Waals surface area contributed by atoms with E-state index in [1.54, 1.807) is 7.05 Å². The van der Waals surface area contributed by atoms with Crippen LogP contribution in [0.1, 0.15) is 6.42 Å². The molecule has 0 fully saturated rings. The number of alkyl halides is 2. The average Bonchev–Trinajstić information content (AvgIpc) is 2.42. The van der Waals surface area contributed by atoms with Crippen molar-refractivity contribution in [3.63, 3.8) is 0 Å². The van der Waals surface area contributed by atoms with Crippen molar-refractivity contribution in [1.82, 2.24) is 10.0 Å². The summed E-state index contributed by atoms with van der Waals surface area (Å²) in [7, 11) is -1.79. The molecule has 0 aliphatic carbocycles. The molecule has 0 unspecified atom stereocenters. The molecule has 114 valence electrons. The molecule has 2 N–H and O–H groups in total. The van der Waals surface area contributed by atoms with Crippen molar-refractivity contribution in [2.24, 2.45) is 0 Å².